The lowest BCUT2D eigenvalue weighted by atomic mass is 9.74. The minimum atomic E-state index is -1.51. The van der Waals surface area contributed by atoms with E-state index in [1.54, 1.807) is 30.3 Å². The number of rotatable bonds is 7. The van der Waals surface area contributed by atoms with Crippen LogP contribution in [0.4, 0.5) is 4.79 Å². The third-order valence-corrected chi connectivity index (χ3v) is 3.91. The van der Waals surface area contributed by atoms with Crippen LogP contribution in [0.2, 0.25) is 0 Å². The molecule has 1 aromatic rings. The van der Waals surface area contributed by atoms with Gasteiger partial charge in [-0.3, -0.25) is 25.0 Å². The van der Waals surface area contributed by atoms with E-state index in [4.69, 9.17) is 4.74 Å². The Hall–Kier alpha value is -2.70. The Kier molecular flexibility index (Phi) is 5.68. The summed E-state index contributed by atoms with van der Waals surface area (Å²) in [7, 11) is 0. The molecule has 128 valence electrons. The molecule has 0 unspecified atom stereocenters. The molecule has 1 fully saturated rings. The summed E-state index contributed by atoms with van der Waals surface area (Å²) in [5.41, 5.74) is -1.01. The normalized spacial score (nSPS) is 16.3. The Labute approximate surface area is 139 Å². The predicted molar refractivity (Wildman–Crippen MR) is 84.9 cm³/mol. The van der Waals surface area contributed by atoms with Gasteiger partial charge in [0.05, 0.1) is 6.61 Å². The molecule has 0 spiro atoms. The molecular formula is C17H20N2O5. The van der Waals surface area contributed by atoms with E-state index >= 15 is 0 Å². The number of hydrogen-bond acceptors (Lipinski definition) is 5. The first-order valence-electron chi connectivity index (χ1n) is 7.88. The van der Waals surface area contributed by atoms with Crippen molar-refractivity contribution in [2.75, 3.05) is 6.61 Å². The molecule has 1 heterocycles. The van der Waals surface area contributed by atoms with Crippen molar-refractivity contribution in [1.29, 1.82) is 0 Å². The second-order valence-electron chi connectivity index (χ2n) is 5.58. The van der Waals surface area contributed by atoms with E-state index in [1.165, 1.54) is 0 Å². The number of nitrogens with one attached hydrogen (secondary N) is 2. The van der Waals surface area contributed by atoms with Gasteiger partial charge in [0.25, 0.3) is 0 Å². The summed E-state index contributed by atoms with van der Waals surface area (Å²) in [4.78, 5) is 47.7. The van der Waals surface area contributed by atoms with E-state index in [0.717, 1.165) is 0 Å². The van der Waals surface area contributed by atoms with Crippen molar-refractivity contribution in [3.63, 3.8) is 0 Å². The van der Waals surface area contributed by atoms with Crippen molar-refractivity contribution >= 4 is 23.8 Å². The monoisotopic (exact) mass is 332 g/mol. The van der Waals surface area contributed by atoms with E-state index in [2.05, 4.69) is 10.6 Å². The quantitative estimate of drug-likeness (QED) is 0.447. The Bertz CT molecular complexity index is 622. The number of hydrogen-bond donors (Lipinski definition) is 2. The highest BCUT2D eigenvalue weighted by Crippen LogP contribution is 2.32. The SMILES string of the molecule is CCCC(=O)OCCCC1(c2ccccc2)C(=O)NC(=O)NC1=O. The molecule has 4 amide bonds. The molecule has 0 saturated carbocycles. The Morgan fingerprint density at radius 1 is 1.08 bits per heavy atom. The van der Waals surface area contributed by atoms with Crippen molar-refractivity contribution in [3.8, 4) is 0 Å². The predicted octanol–water partition coefficient (Wildman–Crippen LogP) is 1.41. The first-order valence-corrected chi connectivity index (χ1v) is 7.88. The van der Waals surface area contributed by atoms with E-state index in [9.17, 15) is 19.2 Å². The zero-order chi connectivity index (χ0) is 17.6. The molecule has 1 aliphatic heterocycles. The highest BCUT2D eigenvalue weighted by molar-refractivity contribution is 6.22. The molecule has 1 aliphatic rings. The lowest BCUT2D eigenvalue weighted by Crippen LogP contribution is -2.64. The van der Waals surface area contributed by atoms with Crippen molar-refractivity contribution < 1.29 is 23.9 Å². The molecule has 2 rings (SSSR count). The molecule has 2 N–H and O–H groups in total. The topological polar surface area (TPSA) is 102 Å². The molecule has 24 heavy (non-hydrogen) atoms. The largest absolute Gasteiger partial charge is 0.466 e. The van der Waals surface area contributed by atoms with Gasteiger partial charge in [-0.2, -0.15) is 0 Å². The van der Waals surface area contributed by atoms with Crippen LogP contribution in [0.1, 0.15) is 38.2 Å². The summed E-state index contributed by atoms with van der Waals surface area (Å²) >= 11 is 0. The van der Waals surface area contributed by atoms with Crippen LogP contribution in [0.3, 0.4) is 0 Å². The third kappa shape index (κ3) is 3.61. The second kappa shape index (κ2) is 7.72. The fourth-order valence-electron chi connectivity index (χ4n) is 2.71. The van der Waals surface area contributed by atoms with Crippen molar-refractivity contribution in [2.45, 2.75) is 38.0 Å². The Morgan fingerprint density at radius 3 is 2.29 bits per heavy atom. The molecule has 7 heteroatoms. The summed E-state index contributed by atoms with van der Waals surface area (Å²) in [5, 5.41) is 4.30. The first-order chi connectivity index (χ1) is 11.5. The minimum Gasteiger partial charge on any atom is -0.466 e. The van der Waals surface area contributed by atoms with Crippen LogP contribution in [0.25, 0.3) is 0 Å². The van der Waals surface area contributed by atoms with Gasteiger partial charge in [0.1, 0.15) is 0 Å². The number of benzene rings is 1. The number of amides is 4. The van der Waals surface area contributed by atoms with Gasteiger partial charge in [-0.25, -0.2) is 4.79 Å². The number of esters is 1. The van der Waals surface area contributed by atoms with Gasteiger partial charge >= 0.3 is 12.0 Å². The fourth-order valence-corrected chi connectivity index (χ4v) is 2.71. The summed E-state index contributed by atoms with van der Waals surface area (Å²) in [6.45, 7) is 1.99. The van der Waals surface area contributed by atoms with Crippen LogP contribution in [-0.2, 0) is 24.5 Å². The van der Waals surface area contributed by atoms with Crippen molar-refractivity contribution in [2.24, 2.45) is 0 Å². The lowest BCUT2D eigenvalue weighted by molar-refractivity contribution is -0.143. The number of barbiturate groups is 1. The first kappa shape index (κ1) is 17.7. The maximum absolute atomic E-state index is 12.5. The third-order valence-electron chi connectivity index (χ3n) is 3.91. The second-order valence-corrected chi connectivity index (χ2v) is 5.58. The molecule has 1 saturated heterocycles. The zero-order valence-electron chi connectivity index (χ0n) is 13.5. The van der Waals surface area contributed by atoms with Crippen LogP contribution in [0, 0.1) is 0 Å². The van der Waals surface area contributed by atoms with Crippen LogP contribution in [0.15, 0.2) is 30.3 Å². The molecule has 7 nitrogen and oxygen atoms in total. The Balaban J connectivity index is 2.16. The van der Waals surface area contributed by atoms with Crippen molar-refractivity contribution in [1.82, 2.24) is 10.6 Å². The molecule has 0 atom stereocenters. The summed E-state index contributed by atoms with van der Waals surface area (Å²) in [6.07, 6.45) is 1.47. The zero-order valence-corrected chi connectivity index (χ0v) is 13.5. The highest BCUT2D eigenvalue weighted by Gasteiger charge is 2.51. The van der Waals surface area contributed by atoms with Crippen LogP contribution in [0.5, 0.6) is 0 Å². The van der Waals surface area contributed by atoms with Gasteiger partial charge in [0.2, 0.25) is 11.8 Å². The lowest BCUT2D eigenvalue weighted by Gasteiger charge is -2.34. The average molecular weight is 332 g/mol. The summed E-state index contributed by atoms with van der Waals surface area (Å²) in [5.74, 6) is -1.64. The van der Waals surface area contributed by atoms with Crippen LogP contribution in [-0.4, -0.2) is 30.4 Å². The number of urea groups is 1. The number of ether oxygens (including phenoxy) is 1. The fraction of sp³-hybridized carbons (Fsp3) is 0.412. The Morgan fingerprint density at radius 2 is 1.71 bits per heavy atom. The van der Waals surface area contributed by atoms with Gasteiger partial charge in [0.15, 0.2) is 5.41 Å². The van der Waals surface area contributed by atoms with Gasteiger partial charge in [-0.05, 0) is 24.8 Å². The van der Waals surface area contributed by atoms with Crippen LogP contribution >= 0.6 is 0 Å². The highest BCUT2D eigenvalue weighted by atomic mass is 16.5. The molecule has 0 radical (unpaired) electrons. The van der Waals surface area contributed by atoms with E-state index in [1.807, 2.05) is 6.92 Å². The minimum absolute atomic E-state index is 0.113. The standard InChI is InChI=1S/C17H20N2O5/c1-2-7-13(20)24-11-6-10-17(12-8-4-3-5-9-12)14(21)18-16(23)19-15(17)22/h3-5,8-9H,2,6-7,10-11H2,1H3,(H2,18,19,21,22,23). The van der Waals surface area contributed by atoms with Crippen LogP contribution < -0.4 is 10.6 Å². The number of imide groups is 2. The molecule has 0 bridgehead atoms. The van der Waals surface area contributed by atoms with Gasteiger partial charge in [-0.15, -0.1) is 0 Å². The number of carbonyl (C=O) groups is 4. The molecule has 0 aromatic heterocycles. The molecular weight excluding hydrogens is 312 g/mol. The van der Waals surface area contributed by atoms with Gasteiger partial charge in [-0.1, -0.05) is 37.3 Å². The average Bonchev–Trinajstić information content (AvgIpc) is 2.55. The molecule has 1 aromatic carbocycles. The van der Waals surface area contributed by atoms with Crippen molar-refractivity contribution in [3.05, 3.63) is 35.9 Å². The van der Waals surface area contributed by atoms with E-state index in [0.29, 0.717) is 24.8 Å². The van der Waals surface area contributed by atoms with Gasteiger partial charge < -0.3 is 4.74 Å². The van der Waals surface area contributed by atoms with Gasteiger partial charge in [0, 0.05) is 6.42 Å². The van der Waals surface area contributed by atoms with E-state index in [-0.39, 0.29) is 19.0 Å². The maximum atomic E-state index is 12.5. The molecule has 0 aliphatic carbocycles. The maximum Gasteiger partial charge on any atom is 0.328 e. The number of carbonyl (C=O) groups excluding carboxylic acids is 4. The summed E-state index contributed by atoms with van der Waals surface area (Å²) in [6, 6.07) is 7.71. The smallest absolute Gasteiger partial charge is 0.328 e. The summed E-state index contributed by atoms with van der Waals surface area (Å²) < 4.78 is 5.08. The van der Waals surface area contributed by atoms with E-state index < -0.39 is 23.3 Å².